The van der Waals surface area contributed by atoms with E-state index >= 15 is 0 Å². The van der Waals surface area contributed by atoms with Crippen molar-refractivity contribution in [2.75, 3.05) is 25.1 Å². The Labute approximate surface area is 119 Å². The first kappa shape index (κ1) is 13.4. The second-order valence-electron chi connectivity index (χ2n) is 5.55. The molecule has 2 saturated heterocycles. The average Bonchev–Trinajstić information content (AvgIpc) is 2.81. The SMILES string of the molecule is Cc1cc(NC2CCN(C3CCOCC3)C2=O)ccn1. The van der Waals surface area contributed by atoms with Crippen LogP contribution in [0.25, 0.3) is 0 Å². The van der Waals surface area contributed by atoms with Gasteiger partial charge in [-0.25, -0.2) is 0 Å². The smallest absolute Gasteiger partial charge is 0.245 e. The van der Waals surface area contributed by atoms with Crippen LogP contribution in [0.1, 0.15) is 25.0 Å². The van der Waals surface area contributed by atoms with Crippen LogP contribution in [0.5, 0.6) is 0 Å². The van der Waals surface area contributed by atoms with E-state index in [1.165, 1.54) is 0 Å². The minimum Gasteiger partial charge on any atom is -0.381 e. The highest BCUT2D eigenvalue weighted by molar-refractivity contribution is 5.87. The number of ether oxygens (including phenoxy) is 1. The van der Waals surface area contributed by atoms with Gasteiger partial charge in [-0.2, -0.15) is 0 Å². The van der Waals surface area contributed by atoms with Crippen LogP contribution in [0.4, 0.5) is 5.69 Å². The third kappa shape index (κ3) is 2.77. The number of hydrogen-bond acceptors (Lipinski definition) is 4. The Bertz CT molecular complexity index is 486. The van der Waals surface area contributed by atoms with Crippen LogP contribution < -0.4 is 5.32 Å². The fourth-order valence-electron chi connectivity index (χ4n) is 3.03. The molecule has 0 spiro atoms. The molecule has 1 aromatic rings. The van der Waals surface area contributed by atoms with E-state index in [9.17, 15) is 4.79 Å². The van der Waals surface area contributed by atoms with Crippen LogP contribution in [0, 0.1) is 6.92 Å². The van der Waals surface area contributed by atoms with Gasteiger partial charge in [-0.15, -0.1) is 0 Å². The Kier molecular flexibility index (Phi) is 3.87. The van der Waals surface area contributed by atoms with Gasteiger partial charge in [-0.05, 0) is 38.3 Å². The number of aromatic nitrogens is 1. The number of likely N-dealkylation sites (tertiary alicyclic amines) is 1. The summed E-state index contributed by atoms with van der Waals surface area (Å²) in [5, 5.41) is 3.34. The van der Waals surface area contributed by atoms with E-state index in [0.29, 0.717) is 6.04 Å². The highest BCUT2D eigenvalue weighted by Crippen LogP contribution is 2.23. The molecule has 2 aliphatic rings. The summed E-state index contributed by atoms with van der Waals surface area (Å²) in [6, 6.07) is 4.16. The lowest BCUT2D eigenvalue weighted by Crippen LogP contribution is -2.43. The van der Waals surface area contributed by atoms with Crippen molar-refractivity contribution in [3.05, 3.63) is 24.0 Å². The lowest BCUT2D eigenvalue weighted by Gasteiger charge is -2.31. The molecule has 1 unspecified atom stereocenters. The lowest BCUT2D eigenvalue weighted by molar-refractivity contribution is -0.131. The number of rotatable bonds is 3. The van der Waals surface area contributed by atoms with Crippen molar-refractivity contribution in [1.29, 1.82) is 0 Å². The predicted molar refractivity (Wildman–Crippen MR) is 76.6 cm³/mol. The van der Waals surface area contributed by atoms with E-state index in [4.69, 9.17) is 4.74 Å². The van der Waals surface area contributed by atoms with Crippen molar-refractivity contribution in [3.8, 4) is 0 Å². The Hall–Kier alpha value is -1.62. The molecule has 3 rings (SSSR count). The van der Waals surface area contributed by atoms with Crippen LogP contribution in [-0.2, 0) is 9.53 Å². The van der Waals surface area contributed by atoms with Gasteiger partial charge in [0.2, 0.25) is 5.91 Å². The zero-order valence-electron chi connectivity index (χ0n) is 11.8. The zero-order chi connectivity index (χ0) is 13.9. The minimum absolute atomic E-state index is 0.0976. The number of carbonyl (C=O) groups is 1. The fourth-order valence-corrected chi connectivity index (χ4v) is 3.03. The Balaban J connectivity index is 1.63. The predicted octanol–water partition coefficient (Wildman–Crippen LogP) is 1.58. The molecule has 0 radical (unpaired) electrons. The largest absolute Gasteiger partial charge is 0.381 e. The van der Waals surface area contributed by atoms with Gasteiger partial charge in [0.15, 0.2) is 0 Å². The second kappa shape index (κ2) is 5.79. The molecule has 2 aliphatic heterocycles. The Morgan fingerprint density at radius 1 is 1.35 bits per heavy atom. The van der Waals surface area contributed by atoms with E-state index in [-0.39, 0.29) is 11.9 Å². The minimum atomic E-state index is -0.0976. The number of nitrogens with one attached hydrogen (secondary N) is 1. The highest BCUT2D eigenvalue weighted by atomic mass is 16.5. The molecule has 0 aromatic carbocycles. The van der Waals surface area contributed by atoms with Crippen LogP contribution in [0.15, 0.2) is 18.3 Å². The molecule has 1 aromatic heterocycles. The molecule has 3 heterocycles. The molecule has 0 aliphatic carbocycles. The summed E-state index contributed by atoms with van der Waals surface area (Å²) >= 11 is 0. The molecule has 1 amide bonds. The second-order valence-corrected chi connectivity index (χ2v) is 5.55. The molecule has 1 N–H and O–H groups in total. The van der Waals surface area contributed by atoms with Crippen LogP contribution in [0.3, 0.4) is 0 Å². The van der Waals surface area contributed by atoms with Crippen molar-refractivity contribution in [1.82, 2.24) is 9.88 Å². The van der Waals surface area contributed by atoms with E-state index in [1.807, 2.05) is 24.0 Å². The van der Waals surface area contributed by atoms with Crippen molar-refractivity contribution >= 4 is 11.6 Å². The molecule has 0 saturated carbocycles. The van der Waals surface area contributed by atoms with Gasteiger partial charge in [0.05, 0.1) is 0 Å². The number of amides is 1. The molecule has 5 nitrogen and oxygen atoms in total. The number of anilines is 1. The molecule has 20 heavy (non-hydrogen) atoms. The number of hydrogen-bond donors (Lipinski definition) is 1. The van der Waals surface area contributed by atoms with Crippen LogP contribution >= 0.6 is 0 Å². The van der Waals surface area contributed by atoms with Gasteiger partial charge < -0.3 is 15.0 Å². The molecule has 5 heteroatoms. The first-order valence-electron chi connectivity index (χ1n) is 7.31. The topological polar surface area (TPSA) is 54.5 Å². The summed E-state index contributed by atoms with van der Waals surface area (Å²) in [6.45, 7) is 4.35. The first-order valence-corrected chi connectivity index (χ1v) is 7.31. The van der Waals surface area contributed by atoms with Crippen molar-refractivity contribution in [3.63, 3.8) is 0 Å². The monoisotopic (exact) mass is 275 g/mol. The van der Waals surface area contributed by atoms with E-state index in [2.05, 4.69) is 10.3 Å². The summed E-state index contributed by atoms with van der Waals surface area (Å²) in [4.78, 5) is 18.7. The summed E-state index contributed by atoms with van der Waals surface area (Å²) in [5.74, 6) is 0.228. The molecule has 0 bridgehead atoms. The van der Waals surface area contributed by atoms with Gasteiger partial charge in [0, 0.05) is 43.4 Å². The number of aryl methyl sites for hydroxylation is 1. The van der Waals surface area contributed by atoms with Crippen LogP contribution in [-0.4, -0.2) is 47.6 Å². The maximum Gasteiger partial charge on any atom is 0.245 e. The highest BCUT2D eigenvalue weighted by Gasteiger charge is 2.36. The van der Waals surface area contributed by atoms with Gasteiger partial charge in [-0.3, -0.25) is 9.78 Å². The zero-order valence-corrected chi connectivity index (χ0v) is 11.8. The summed E-state index contributed by atoms with van der Waals surface area (Å²) in [7, 11) is 0. The maximum atomic E-state index is 12.5. The molecular weight excluding hydrogens is 254 g/mol. The normalized spacial score (nSPS) is 24.1. The van der Waals surface area contributed by atoms with Crippen molar-refractivity contribution < 1.29 is 9.53 Å². The average molecular weight is 275 g/mol. The van der Waals surface area contributed by atoms with E-state index in [0.717, 1.165) is 50.4 Å². The molecule has 1 atom stereocenters. The first-order chi connectivity index (χ1) is 9.74. The molecule has 2 fully saturated rings. The number of pyridine rings is 1. The van der Waals surface area contributed by atoms with Gasteiger partial charge in [-0.1, -0.05) is 0 Å². The summed E-state index contributed by atoms with van der Waals surface area (Å²) in [5.41, 5.74) is 1.94. The van der Waals surface area contributed by atoms with Crippen molar-refractivity contribution in [2.24, 2.45) is 0 Å². The quantitative estimate of drug-likeness (QED) is 0.910. The lowest BCUT2D eigenvalue weighted by atomic mass is 10.1. The van der Waals surface area contributed by atoms with Crippen molar-refractivity contribution in [2.45, 2.75) is 38.3 Å². The van der Waals surface area contributed by atoms with E-state index in [1.54, 1.807) is 6.20 Å². The number of carbonyl (C=O) groups excluding carboxylic acids is 1. The molecular formula is C15H21N3O2. The summed E-state index contributed by atoms with van der Waals surface area (Å²) < 4.78 is 5.37. The summed E-state index contributed by atoms with van der Waals surface area (Å²) in [6.07, 6.45) is 4.57. The third-order valence-electron chi connectivity index (χ3n) is 4.11. The third-order valence-corrected chi connectivity index (χ3v) is 4.11. The fraction of sp³-hybridized carbons (Fsp3) is 0.600. The Morgan fingerprint density at radius 2 is 2.15 bits per heavy atom. The standard InChI is InChI=1S/C15H21N3O2/c1-11-10-12(2-6-16-11)17-14-3-7-18(15(14)19)13-4-8-20-9-5-13/h2,6,10,13-14H,3-5,7-9H2,1H3,(H,16,17). The van der Waals surface area contributed by atoms with Gasteiger partial charge in [0.1, 0.15) is 6.04 Å². The Morgan fingerprint density at radius 3 is 2.90 bits per heavy atom. The van der Waals surface area contributed by atoms with Gasteiger partial charge in [0.25, 0.3) is 0 Å². The maximum absolute atomic E-state index is 12.5. The van der Waals surface area contributed by atoms with E-state index < -0.39 is 0 Å². The molecule has 108 valence electrons. The van der Waals surface area contributed by atoms with Gasteiger partial charge >= 0.3 is 0 Å². The number of nitrogens with zero attached hydrogens (tertiary/aromatic N) is 2. The van der Waals surface area contributed by atoms with Crippen LogP contribution in [0.2, 0.25) is 0 Å².